The van der Waals surface area contributed by atoms with Crippen LogP contribution in [-0.4, -0.2) is 16.7 Å². The first-order valence-corrected chi connectivity index (χ1v) is 7.78. The van der Waals surface area contributed by atoms with Crippen molar-refractivity contribution in [2.75, 3.05) is 7.11 Å². The average molecular weight is 353 g/mol. The summed E-state index contributed by atoms with van der Waals surface area (Å²) in [6, 6.07) is 5.89. The van der Waals surface area contributed by atoms with Crippen molar-refractivity contribution < 1.29 is 4.74 Å². The summed E-state index contributed by atoms with van der Waals surface area (Å²) < 4.78 is 8.59. The predicted octanol–water partition coefficient (Wildman–Crippen LogP) is 2.81. The maximum atomic E-state index is 5.75. The Morgan fingerprint density at radius 2 is 2.29 bits per heavy atom. The molecule has 2 rings (SSSR count). The quantitative estimate of drug-likeness (QED) is 0.594. The Balaban J connectivity index is 2.25. The predicted molar refractivity (Wildman–Crippen MR) is 87.0 cm³/mol. The summed E-state index contributed by atoms with van der Waals surface area (Å²) in [4.78, 5) is 4.44. The minimum absolute atomic E-state index is 0.0499. The number of hydrogen-bond donors (Lipinski definition) is 2. The summed E-state index contributed by atoms with van der Waals surface area (Å²) in [5.41, 5.74) is 3.89. The minimum atomic E-state index is -0.0499. The highest BCUT2D eigenvalue weighted by Gasteiger charge is 2.18. The number of benzene rings is 1. The Morgan fingerprint density at radius 1 is 1.48 bits per heavy atom. The topological polar surface area (TPSA) is 65.1 Å². The summed E-state index contributed by atoms with van der Waals surface area (Å²) in [7, 11) is 1.66. The van der Waals surface area contributed by atoms with Crippen molar-refractivity contribution in [2.45, 2.75) is 32.4 Å². The van der Waals surface area contributed by atoms with Crippen molar-refractivity contribution in [3.63, 3.8) is 0 Å². The number of hydrogen-bond acceptors (Lipinski definition) is 4. The molecule has 0 aliphatic carbocycles. The molecule has 1 heterocycles. The van der Waals surface area contributed by atoms with Crippen LogP contribution in [0.15, 0.2) is 35.1 Å². The van der Waals surface area contributed by atoms with Crippen LogP contribution in [0.25, 0.3) is 0 Å². The number of ether oxygens (including phenoxy) is 1. The number of nitrogens with zero attached hydrogens (tertiary/aromatic N) is 2. The molecule has 6 heteroatoms. The Hall–Kier alpha value is -1.37. The Morgan fingerprint density at radius 3 is 2.95 bits per heavy atom. The molecule has 114 valence electrons. The molecule has 0 fully saturated rings. The fourth-order valence-electron chi connectivity index (χ4n) is 2.39. The second-order valence-electron chi connectivity index (χ2n) is 4.85. The molecule has 5 nitrogen and oxygen atoms in total. The van der Waals surface area contributed by atoms with Crippen LogP contribution in [0.5, 0.6) is 5.75 Å². The van der Waals surface area contributed by atoms with Gasteiger partial charge in [-0.3, -0.25) is 11.3 Å². The van der Waals surface area contributed by atoms with E-state index in [0.29, 0.717) is 6.42 Å². The van der Waals surface area contributed by atoms with Crippen LogP contribution in [0.1, 0.15) is 30.8 Å². The molecule has 0 amide bonds. The van der Waals surface area contributed by atoms with Crippen LogP contribution in [0, 0.1) is 0 Å². The SMILES string of the molecule is CCCn1ccnc1CC(NN)c1ccc(Br)cc1OC. The van der Waals surface area contributed by atoms with Gasteiger partial charge in [0.05, 0.1) is 13.2 Å². The number of nitrogens with two attached hydrogens (primary N) is 1. The molecule has 1 aromatic heterocycles. The molecule has 21 heavy (non-hydrogen) atoms. The van der Waals surface area contributed by atoms with Crippen LogP contribution in [-0.2, 0) is 13.0 Å². The van der Waals surface area contributed by atoms with E-state index in [2.05, 4.69) is 37.8 Å². The highest BCUT2D eigenvalue weighted by Crippen LogP contribution is 2.30. The van der Waals surface area contributed by atoms with Gasteiger partial charge in [0.25, 0.3) is 0 Å². The lowest BCUT2D eigenvalue weighted by molar-refractivity contribution is 0.397. The fraction of sp³-hybridized carbons (Fsp3) is 0.400. The van der Waals surface area contributed by atoms with Crippen molar-refractivity contribution in [1.29, 1.82) is 0 Å². The van der Waals surface area contributed by atoms with E-state index in [1.165, 1.54) is 0 Å². The lowest BCUT2D eigenvalue weighted by Gasteiger charge is -2.19. The van der Waals surface area contributed by atoms with E-state index in [-0.39, 0.29) is 6.04 Å². The summed E-state index contributed by atoms with van der Waals surface area (Å²) in [6.45, 7) is 3.12. The lowest BCUT2D eigenvalue weighted by atomic mass is 10.0. The van der Waals surface area contributed by atoms with Crippen LogP contribution >= 0.6 is 15.9 Å². The molecule has 0 saturated heterocycles. The van der Waals surface area contributed by atoms with E-state index in [1.54, 1.807) is 7.11 Å². The van der Waals surface area contributed by atoms with Crippen LogP contribution < -0.4 is 16.0 Å². The number of hydrazine groups is 1. The molecule has 0 spiro atoms. The second-order valence-corrected chi connectivity index (χ2v) is 5.76. The normalized spacial score (nSPS) is 12.4. The molecule has 0 aliphatic heterocycles. The average Bonchev–Trinajstić information content (AvgIpc) is 2.92. The van der Waals surface area contributed by atoms with Crippen LogP contribution in [0.4, 0.5) is 0 Å². The van der Waals surface area contributed by atoms with Crippen molar-refractivity contribution in [1.82, 2.24) is 15.0 Å². The number of rotatable bonds is 7. The number of aryl methyl sites for hydroxylation is 1. The fourth-order valence-corrected chi connectivity index (χ4v) is 2.73. The summed E-state index contributed by atoms with van der Waals surface area (Å²) in [5, 5.41) is 0. The maximum Gasteiger partial charge on any atom is 0.124 e. The van der Waals surface area contributed by atoms with E-state index >= 15 is 0 Å². The van der Waals surface area contributed by atoms with E-state index in [9.17, 15) is 0 Å². The standard InChI is InChI=1S/C15H21BrN4O/c1-3-7-20-8-6-18-15(20)10-13(19-17)12-5-4-11(16)9-14(12)21-2/h4-6,8-9,13,19H,3,7,10,17H2,1-2H3. The molecule has 0 saturated carbocycles. The third-order valence-corrected chi connectivity index (χ3v) is 3.92. The third kappa shape index (κ3) is 3.84. The van der Waals surface area contributed by atoms with E-state index in [4.69, 9.17) is 10.6 Å². The largest absolute Gasteiger partial charge is 0.496 e. The number of halogens is 1. The highest BCUT2D eigenvalue weighted by atomic mass is 79.9. The zero-order chi connectivity index (χ0) is 15.2. The minimum Gasteiger partial charge on any atom is -0.496 e. The van der Waals surface area contributed by atoms with Gasteiger partial charge in [0.15, 0.2) is 0 Å². The molecule has 1 atom stereocenters. The maximum absolute atomic E-state index is 5.75. The van der Waals surface area contributed by atoms with E-state index in [0.717, 1.165) is 34.6 Å². The third-order valence-electron chi connectivity index (χ3n) is 3.43. The molecule has 0 radical (unpaired) electrons. The van der Waals surface area contributed by atoms with Gasteiger partial charge in [-0.1, -0.05) is 28.9 Å². The Labute approximate surface area is 133 Å². The van der Waals surface area contributed by atoms with Crippen molar-refractivity contribution in [3.8, 4) is 5.75 Å². The lowest BCUT2D eigenvalue weighted by Crippen LogP contribution is -2.30. The molecule has 3 N–H and O–H groups in total. The summed E-state index contributed by atoms with van der Waals surface area (Å²) in [5.74, 6) is 7.58. The van der Waals surface area contributed by atoms with Gasteiger partial charge < -0.3 is 9.30 Å². The van der Waals surface area contributed by atoms with Gasteiger partial charge in [-0.05, 0) is 18.6 Å². The van der Waals surface area contributed by atoms with Crippen molar-refractivity contribution in [2.24, 2.45) is 5.84 Å². The number of methoxy groups -OCH3 is 1. The monoisotopic (exact) mass is 352 g/mol. The molecule has 0 aliphatic rings. The second kappa shape index (κ2) is 7.59. The van der Waals surface area contributed by atoms with Gasteiger partial charge >= 0.3 is 0 Å². The van der Waals surface area contributed by atoms with Crippen molar-refractivity contribution >= 4 is 15.9 Å². The van der Waals surface area contributed by atoms with E-state index in [1.807, 2.05) is 30.6 Å². The number of imidazole rings is 1. The number of aromatic nitrogens is 2. The Kier molecular flexibility index (Phi) is 5.78. The molecular formula is C15H21BrN4O. The molecular weight excluding hydrogens is 332 g/mol. The van der Waals surface area contributed by atoms with Gasteiger partial charge in [0.2, 0.25) is 0 Å². The van der Waals surface area contributed by atoms with E-state index < -0.39 is 0 Å². The zero-order valence-electron chi connectivity index (χ0n) is 12.3. The molecule has 1 aromatic carbocycles. The molecule has 1 unspecified atom stereocenters. The molecule has 0 bridgehead atoms. The van der Waals surface area contributed by atoms with Gasteiger partial charge in [-0.2, -0.15) is 0 Å². The van der Waals surface area contributed by atoms with Crippen LogP contribution in [0.3, 0.4) is 0 Å². The van der Waals surface area contributed by atoms with Crippen molar-refractivity contribution in [3.05, 3.63) is 46.5 Å². The first kappa shape index (κ1) is 16.0. The first-order valence-electron chi connectivity index (χ1n) is 6.99. The summed E-state index contributed by atoms with van der Waals surface area (Å²) in [6.07, 6.45) is 5.62. The zero-order valence-corrected chi connectivity index (χ0v) is 13.9. The van der Waals surface area contributed by atoms with Gasteiger partial charge in [0, 0.05) is 35.4 Å². The number of nitrogens with one attached hydrogen (secondary N) is 1. The highest BCUT2D eigenvalue weighted by molar-refractivity contribution is 9.10. The van der Waals surface area contributed by atoms with Crippen LogP contribution in [0.2, 0.25) is 0 Å². The smallest absolute Gasteiger partial charge is 0.124 e. The molecule has 2 aromatic rings. The Bertz CT molecular complexity index is 585. The first-order chi connectivity index (χ1) is 10.2. The van der Waals surface area contributed by atoms with Gasteiger partial charge in [-0.15, -0.1) is 0 Å². The van der Waals surface area contributed by atoms with Gasteiger partial charge in [-0.25, -0.2) is 4.98 Å². The summed E-state index contributed by atoms with van der Waals surface area (Å²) >= 11 is 3.45. The van der Waals surface area contributed by atoms with Gasteiger partial charge in [0.1, 0.15) is 11.6 Å².